The Morgan fingerprint density at radius 2 is 1.77 bits per heavy atom. The SMILES string of the molecule is COc1cc(C[C@@H](O)C(=O)CC[C@@H](C)CCC=C(C)C)ccc1OCc1ccccc1. The van der Waals surface area contributed by atoms with Gasteiger partial charge in [-0.1, -0.05) is 55.0 Å². The average molecular weight is 425 g/mol. The number of allylic oxidation sites excluding steroid dienone is 2. The summed E-state index contributed by atoms with van der Waals surface area (Å²) in [5, 5.41) is 10.4. The van der Waals surface area contributed by atoms with Crippen LogP contribution in [0.5, 0.6) is 11.5 Å². The van der Waals surface area contributed by atoms with E-state index in [2.05, 4.69) is 26.8 Å². The molecule has 0 radical (unpaired) electrons. The molecule has 2 aromatic carbocycles. The van der Waals surface area contributed by atoms with E-state index in [1.807, 2.05) is 48.5 Å². The minimum Gasteiger partial charge on any atom is -0.493 e. The Labute approximate surface area is 186 Å². The van der Waals surface area contributed by atoms with Gasteiger partial charge in [0, 0.05) is 12.8 Å². The van der Waals surface area contributed by atoms with E-state index in [9.17, 15) is 9.90 Å². The van der Waals surface area contributed by atoms with Gasteiger partial charge in [-0.15, -0.1) is 0 Å². The smallest absolute Gasteiger partial charge is 0.161 e. The standard InChI is InChI=1S/C27H36O4/c1-20(2)9-8-10-21(3)13-15-24(28)25(29)17-23-14-16-26(27(18-23)30-4)31-19-22-11-6-5-7-12-22/h5-7,9,11-12,14,16,18,21,25,29H,8,10,13,15,17,19H2,1-4H3/t21-,25+/m0/s1. The highest BCUT2D eigenvalue weighted by Gasteiger charge is 2.18. The molecule has 2 aromatic rings. The van der Waals surface area contributed by atoms with E-state index in [4.69, 9.17) is 9.47 Å². The molecule has 0 bridgehead atoms. The first-order chi connectivity index (χ1) is 14.9. The third-order valence-corrected chi connectivity index (χ3v) is 5.36. The Kier molecular flexibility index (Phi) is 10.3. The van der Waals surface area contributed by atoms with Crippen molar-refractivity contribution >= 4 is 5.78 Å². The molecule has 1 N–H and O–H groups in total. The molecule has 0 heterocycles. The summed E-state index contributed by atoms with van der Waals surface area (Å²) in [4.78, 5) is 12.4. The molecule has 31 heavy (non-hydrogen) atoms. The van der Waals surface area contributed by atoms with Gasteiger partial charge in [0.05, 0.1) is 7.11 Å². The Morgan fingerprint density at radius 3 is 2.45 bits per heavy atom. The van der Waals surface area contributed by atoms with Gasteiger partial charge in [0.1, 0.15) is 12.7 Å². The van der Waals surface area contributed by atoms with Gasteiger partial charge in [0.2, 0.25) is 0 Å². The van der Waals surface area contributed by atoms with Gasteiger partial charge in [-0.3, -0.25) is 4.79 Å². The predicted octanol–water partition coefficient (Wildman–Crippen LogP) is 5.91. The van der Waals surface area contributed by atoms with Crippen LogP contribution in [-0.4, -0.2) is 24.1 Å². The summed E-state index contributed by atoms with van der Waals surface area (Å²) in [6.45, 7) is 6.81. The van der Waals surface area contributed by atoms with Crippen LogP contribution in [0.4, 0.5) is 0 Å². The zero-order chi connectivity index (χ0) is 22.6. The molecule has 0 unspecified atom stereocenters. The Hall–Kier alpha value is -2.59. The monoisotopic (exact) mass is 424 g/mol. The third kappa shape index (κ3) is 8.97. The van der Waals surface area contributed by atoms with Gasteiger partial charge < -0.3 is 14.6 Å². The number of aliphatic hydroxyl groups is 1. The molecular formula is C27H36O4. The van der Waals surface area contributed by atoms with Gasteiger partial charge in [-0.2, -0.15) is 0 Å². The van der Waals surface area contributed by atoms with Crippen molar-refractivity contribution in [1.82, 2.24) is 0 Å². The number of hydrogen-bond donors (Lipinski definition) is 1. The summed E-state index contributed by atoms with van der Waals surface area (Å²) in [5.41, 5.74) is 3.25. The highest BCUT2D eigenvalue weighted by atomic mass is 16.5. The first-order valence-corrected chi connectivity index (χ1v) is 11.1. The number of hydrogen-bond acceptors (Lipinski definition) is 4. The van der Waals surface area contributed by atoms with Crippen LogP contribution in [0.15, 0.2) is 60.2 Å². The van der Waals surface area contributed by atoms with Crippen LogP contribution in [0.25, 0.3) is 0 Å². The van der Waals surface area contributed by atoms with Crippen LogP contribution < -0.4 is 9.47 Å². The fourth-order valence-electron chi connectivity index (χ4n) is 3.39. The Balaban J connectivity index is 1.85. The largest absolute Gasteiger partial charge is 0.493 e. The lowest BCUT2D eigenvalue weighted by molar-refractivity contribution is -0.127. The Bertz CT molecular complexity index is 838. The van der Waals surface area contributed by atoms with Crippen molar-refractivity contribution in [3.8, 4) is 11.5 Å². The number of aliphatic hydroxyl groups excluding tert-OH is 1. The zero-order valence-corrected chi connectivity index (χ0v) is 19.3. The maximum Gasteiger partial charge on any atom is 0.161 e. The fraction of sp³-hybridized carbons (Fsp3) is 0.444. The second-order valence-electron chi connectivity index (χ2n) is 8.45. The van der Waals surface area contributed by atoms with E-state index in [-0.39, 0.29) is 12.2 Å². The molecule has 4 nitrogen and oxygen atoms in total. The number of benzene rings is 2. The van der Waals surface area contributed by atoms with Crippen LogP contribution in [0.1, 0.15) is 57.6 Å². The van der Waals surface area contributed by atoms with E-state index >= 15 is 0 Å². The summed E-state index contributed by atoms with van der Waals surface area (Å²) in [6.07, 6.45) is 4.84. The molecule has 0 aliphatic rings. The lowest BCUT2D eigenvalue weighted by Gasteiger charge is -2.15. The summed E-state index contributed by atoms with van der Waals surface area (Å²) in [7, 11) is 1.59. The molecule has 2 rings (SSSR count). The molecule has 168 valence electrons. The predicted molar refractivity (Wildman–Crippen MR) is 126 cm³/mol. The van der Waals surface area contributed by atoms with Gasteiger partial charge in [0.15, 0.2) is 17.3 Å². The van der Waals surface area contributed by atoms with E-state index < -0.39 is 6.10 Å². The summed E-state index contributed by atoms with van der Waals surface area (Å²) in [5.74, 6) is 1.60. The molecule has 0 aromatic heterocycles. The molecule has 0 saturated carbocycles. The van der Waals surface area contributed by atoms with Crippen molar-refractivity contribution in [2.24, 2.45) is 5.92 Å². The second kappa shape index (κ2) is 13.0. The number of ether oxygens (including phenoxy) is 2. The minimum absolute atomic E-state index is 0.0996. The van der Waals surface area contributed by atoms with Crippen LogP contribution in [-0.2, 0) is 17.8 Å². The second-order valence-corrected chi connectivity index (χ2v) is 8.45. The number of ketones is 1. The molecule has 4 heteroatoms. The van der Waals surface area contributed by atoms with Crippen molar-refractivity contribution in [2.45, 2.75) is 65.6 Å². The number of Topliss-reactive ketones (excluding diaryl/α,β-unsaturated/α-hetero) is 1. The van der Waals surface area contributed by atoms with Crippen molar-refractivity contribution in [3.63, 3.8) is 0 Å². The first-order valence-electron chi connectivity index (χ1n) is 11.1. The molecule has 0 aliphatic heterocycles. The molecule has 0 fully saturated rings. The zero-order valence-electron chi connectivity index (χ0n) is 19.3. The Morgan fingerprint density at radius 1 is 1.03 bits per heavy atom. The number of methoxy groups -OCH3 is 1. The molecular weight excluding hydrogens is 388 g/mol. The first kappa shape index (κ1) is 24.7. The van der Waals surface area contributed by atoms with E-state index in [1.54, 1.807) is 7.11 Å². The summed E-state index contributed by atoms with van der Waals surface area (Å²) < 4.78 is 11.3. The molecule has 2 atom stereocenters. The summed E-state index contributed by atoms with van der Waals surface area (Å²) >= 11 is 0. The van der Waals surface area contributed by atoms with Crippen LogP contribution >= 0.6 is 0 Å². The van der Waals surface area contributed by atoms with Crippen LogP contribution in [0.2, 0.25) is 0 Å². The number of rotatable bonds is 13. The average Bonchev–Trinajstić information content (AvgIpc) is 2.76. The topological polar surface area (TPSA) is 55.8 Å². The third-order valence-electron chi connectivity index (χ3n) is 5.36. The minimum atomic E-state index is -0.995. The normalized spacial score (nSPS) is 12.7. The lowest BCUT2D eigenvalue weighted by Crippen LogP contribution is -2.23. The highest BCUT2D eigenvalue weighted by molar-refractivity contribution is 5.83. The van der Waals surface area contributed by atoms with E-state index in [1.165, 1.54) is 5.57 Å². The molecule has 0 aliphatic carbocycles. The molecule has 0 saturated heterocycles. The van der Waals surface area contributed by atoms with Crippen LogP contribution in [0, 0.1) is 5.92 Å². The number of carbonyl (C=O) groups excluding carboxylic acids is 1. The fourth-order valence-corrected chi connectivity index (χ4v) is 3.39. The van der Waals surface area contributed by atoms with E-state index in [0.717, 1.165) is 30.4 Å². The quantitative estimate of drug-likeness (QED) is 0.406. The molecule has 0 amide bonds. The maximum atomic E-state index is 12.4. The van der Waals surface area contributed by atoms with Crippen molar-refractivity contribution in [2.75, 3.05) is 7.11 Å². The summed E-state index contributed by atoms with van der Waals surface area (Å²) in [6, 6.07) is 15.5. The van der Waals surface area contributed by atoms with E-state index in [0.29, 0.717) is 30.4 Å². The van der Waals surface area contributed by atoms with Crippen molar-refractivity contribution in [3.05, 3.63) is 71.3 Å². The van der Waals surface area contributed by atoms with Gasteiger partial charge in [-0.05, 0) is 62.3 Å². The van der Waals surface area contributed by atoms with Crippen molar-refractivity contribution < 1.29 is 19.4 Å². The maximum absolute atomic E-state index is 12.4. The van der Waals surface area contributed by atoms with Crippen molar-refractivity contribution in [1.29, 1.82) is 0 Å². The highest BCUT2D eigenvalue weighted by Crippen LogP contribution is 2.29. The van der Waals surface area contributed by atoms with Crippen LogP contribution in [0.3, 0.4) is 0 Å². The van der Waals surface area contributed by atoms with Gasteiger partial charge in [0.25, 0.3) is 0 Å². The number of carbonyl (C=O) groups is 1. The molecule has 0 spiro atoms. The lowest BCUT2D eigenvalue weighted by atomic mass is 9.95. The van der Waals surface area contributed by atoms with Gasteiger partial charge in [-0.25, -0.2) is 0 Å². The van der Waals surface area contributed by atoms with Gasteiger partial charge >= 0.3 is 0 Å².